The largest absolute Gasteiger partial charge is 0.253 e. The summed E-state index contributed by atoms with van der Waals surface area (Å²) < 4.78 is 0. The number of nitrogens with zero attached hydrogens (tertiary/aromatic N) is 3. The van der Waals surface area contributed by atoms with Crippen molar-refractivity contribution in [2.24, 2.45) is 15.0 Å². The van der Waals surface area contributed by atoms with E-state index in [1.807, 2.05) is 0 Å². The van der Waals surface area contributed by atoms with E-state index in [4.69, 9.17) is 0 Å². The maximum absolute atomic E-state index is 3.76. The lowest BCUT2D eigenvalue weighted by Crippen LogP contribution is -1.78. The predicted octanol–water partition coefficient (Wildman–Crippen LogP) is 0.127. The lowest BCUT2D eigenvalue weighted by molar-refractivity contribution is 1.37. The Bertz CT molecular complexity index is 129. The van der Waals surface area contributed by atoms with Crippen LogP contribution in [0.15, 0.2) is 15.0 Å². The molecule has 0 N–H and O–H groups in total. The van der Waals surface area contributed by atoms with E-state index in [0.717, 1.165) is 0 Å². The molecule has 1 aliphatic rings. The van der Waals surface area contributed by atoms with Gasteiger partial charge in [-0.25, -0.2) is 9.98 Å². The van der Waals surface area contributed by atoms with Crippen LogP contribution in [0, 0.1) is 0 Å². The van der Waals surface area contributed by atoms with Gasteiger partial charge in [0, 0.05) is 19.5 Å². The summed E-state index contributed by atoms with van der Waals surface area (Å²) in [7, 11) is 1.66. The highest BCUT2D eigenvalue weighted by atomic mass is 15.1. The predicted molar refractivity (Wildman–Crippen MR) is 30.3 cm³/mol. The van der Waals surface area contributed by atoms with E-state index in [2.05, 4.69) is 15.0 Å². The summed E-state index contributed by atoms with van der Waals surface area (Å²) in [6.45, 7) is 0. The SMILES string of the molecule is CN=C1N=CC=N1. The smallest absolute Gasteiger partial charge is 0.244 e. The van der Waals surface area contributed by atoms with Gasteiger partial charge < -0.3 is 0 Å². The summed E-state index contributed by atoms with van der Waals surface area (Å²) in [5.74, 6) is 0.556. The van der Waals surface area contributed by atoms with Gasteiger partial charge in [-0.15, -0.1) is 0 Å². The quantitative estimate of drug-likeness (QED) is 0.410. The molecule has 0 saturated carbocycles. The Morgan fingerprint density at radius 1 is 1.43 bits per heavy atom. The van der Waals surface area contributed by atoms with E-state index in [0.29, 0.717) is 5.96 Å². The van der Waals surface area contributed by atoms with Gasteiger partial charge in [0.25, 0.3) is 0 Å². The van der Waals surface area contributed by atoms with Crippen LogP contribution in [0.2, 0.25) is 0 Å². The van der Waals surface area contributed by atoms with Crippen LogP contribution in [0.25, 0.3) is 0 Å². The third kappa shape index (κ3) is 0.707. The maximum atomic E-state index is 3.76. The van der Waals surface area contributed by atoms with Gasteiger partial charge in [0.2, 0.25) is 5.96 Å². The molecule has 36 valence electrons. The first kappa shape index (κ1) is 4.18. The van der Waals surface area contributed by atoms with Gasteiger partial charge in [0.05, 0.1) is 0 Å². The molecule has 0 unspecified atom stereocenters. The molecule has 7 heavy (non-hydrogen) atoms. The number of hydrogen-bond acceptors (Lipinski definition) is 1. The van der Waals surface area contributed by atoms with Crippen molar-refractivity contribution < 1.29 is 0 Å². The molecule has 3 heteroatoms. The van der Waals surface area contributed by atoms with E-state index >= 15 is 0 Å². The third-order valence-electron chi connectivity index (χ3n) is 0.647. The van der Waals surface area contributed by atoms with Crippen LogP contribution in [-0.4, -0.2) is 25.4 Å². The summed E-state index contributed by atoms with van der Waals surface area (Å²) in [5.41, 5.74) is 0. The molecule has 0 aromatic heterocycles. The Balaban J connectivity index is 2.79. The topological polar surface area (TPSA) is 37.1 Å². The molecular formula is C4H5N3. The molecule has 1 heterocycles. The molecule has 0 spiro atoms. The first-order valence-electron chi connectivity index (χ1n) is 1.97. The van der Waals surface area contributed by atoms with E-state index < -0.39 is 0 Å². The fourth-order valence-electron chi connectivity index (χ4n) is 0.349. The van der Waals surface area contributed by atoms with Gasteiger partial charge in [0.15, 0.2) is 0 Å². The monoisotopic (exact) mass is 95.0 g/mol. The fourth-order valence-corrected chi connectivity index (χ4v) is 0.349. The molecule has 0 atom stereocenters. The number of hydrogen-bond donors (Lipinski definition) is 0. The van der Waals surface area contributed by atoms with Crippen LogP contribution in [0.1, 0.15) is 0 Å². The first-order valence-corrected chi connectivity index (χ1v) is 1.97. The molecule has 1 rings (SSSR count). The second kappa shape index (κ2) is 1.64. The van der Waals surface area contributed by atoms with Crippen molar-refractivity contribution in [3.8, 4) is 0 Å². The van der Waals surface area contributed by atoms with Crippen molar-refractivity contribution in [2.45, 2.75) is 0 Å². The summed E-state index contributed by atoms with van der Waals surface area (Å²) in [6, 6.07) is 0. The minimum Gasteiger partial charge on any atom is -0.253 e. The minimum absolute atomic E-state index is 0.556. The van der Waals surface area contributed by atoms with E-state index in [1.165, 1.54) is 0 Å². The van der Waals surface area contributed by atoms with E-state index in [1.54, 1.807) is 19.5 Å². The normalized spacial score (nSPS) is 15.9. The Morgan fingerprint density at radius 3 is 2.29 bits per heavy atom. The van der Waals surface area contributed by atoms with Crippen molar-refractivity contribution in [1.29, 1.82) is 0 Å². The summed E-state index contributed by atoms with van der Waals surface area (Å²) in [6.07, 6.45) is 3.23. The van der Waals surface area contributed by atoms with Crippen LogP contribution in [-0.2, 0) is 0 Å². The van der Waals surface area contributed by atoms with E-state index in [-0.39, 0.29) is 0 Å². The lowest BCUT2D eigenvalue weighted by atomic mass is 10.9. The maximum Gasteiger partial charge on any atom is 0.244 e. The lowest BCUT2D eigenvalue weighted by Gasteiger charge is -1.76. The van der Waals surface area contributed by atoms with Crippen molar-refractivity contribution in [3.63, 3.8) is 0 Å². The average molecular weight is 95.1 g/mol. The molecule has 0 aromatic rings. The van der Waals surface area contributed by atoms with Gasteiger partial charge in [-0.2, -0.15) is 0 Å². The molecular weight excluding hydrogens is 90.1 g/mol. The van der Waals surface area contributed by atoms with Gasteiger partial charge in [-0.3, -0.25) is 4.99 Å². The van der Waals surface area contributed by atoms with Gasteiger partial charge >= 0.3 is 0 Å². The van der Waals surface area contributed by atoms with Crippen LogP contribution in [0.3, 0.4) is 0 Å². The number of guanidine groups is 1. The Hall–Kier alpha value is -0.990. The average Bonchev–Trinajstić information content (AvgIpc) is 2.14. The third-order valence-corrected chi connectivity index (χ3v) is 0.647. The Kier molecular flexibility index (Phi) is 0.978. The van der Waals surface area contributed by atoms with Crippen LogP contribution >= 0.6 is 0 Å². The van der Waals surface area contributed by atoms with E-state index in [9.17, 15) is 0 Å². The fraction of sp³-hybridized carbons (Fsp3) is 0.250. The molecule has 1 aliphatic heterocycles. The zero-order valence-electron chi connectivity index (χ0n) is 4.00. The molecule has 3 nitrogen and oxygen atoms in total. The molecule has 0 saturated heterocycles. The number of aliphatic imine (C=N–C) groups is 3. The number of rotatable bonds is 0. The highest BCUT2D eigenvalue weighted by molar-refractivity contribution is 6.26. The zero-order valence-corrected chi connectivity index (χ0v) is 4.00. The van der Waals surface area contributed by atoms with Gasteiger partial charge in [-0.1, -0.05) is 0 Å². The van der Waals surface area contributed by atoms with Crippen molar-refractivity contribution >= 4 is 18.4 Å². The summed E-state index contributed by atoms with van der Waals surface area (Å²) in [4.78, 5) is 11.2. The molecule has 0 fully saturated rings. The standard InChI is InChI=1S/C4H5N3/c1-5-4-6-2-3-7-4/h2-3H,1H3. The summed E-state index contributed by atoms with van der Waals surface area (Å²) in [5, 5.41) is 0. The van der Waals surface area contributed by atoms with Crippen molar-refractivity contribution in [2.75, 3.05) is 7.05 Å². The zero-order chi connectivity index (χ0) is 5.11. The van der Waals surface area contributed by atoms with Gasteiger partial charge in [0.1, 0.15) is 0 Å². The van der Waals surface area contributed by atoms with Crippen LogP contribution in [0.5, 0.6) is 0 Å². The highest BCUT2D eigenvalue weighted by Gasteiger charge is 1.89. The Morgan fingerprint density at radius 2 is 2.00 bits per heavy atom. The first-order chi connectivity index (χ1) is 3.43. The minimum atomic E-state index is 0.556. The second-order valence-corrected chi connectivity index (χ2v) is 1.08. The van der Waals surface area contributed by atoms with Crippen LogP contribution in [0.4, 0.5) is 0 Å². The molecule has 0 aliphatic carbocycles. The van der Waals surface area contributed by atoms with Gasteiger partial charge in [-0.05, 0) is 0 Å². The Labute approximate surface area is 41.5 Å². The molecule has 0 radical (unpaired) electrons. The second-order valence-electron chi connectivity index (χ2n) is 1.08. The molecule has 0 aromatic carbocycles. The van der Waals surface area contributed by atoms with Crippen molar-refractivity contribution in [3.05, 3.63) is 0 Å². The molecule has 0 amide bonds. The van der Waals surface area contributed by atoms with Crippen LogP contribution < -0.4 is 0 Å². The van der Waals surface area contributed by atoms with Crippen molar-refractivity contribution in [1.82, 2.24) is 0 Å². The molecule has 0 bridgehead atoms. The summed E-state index contributed by atoms with van der Waals surface area (Å²) >= 11 is 0. The highest BCUT2D eigenvalue weighted by Crippen LogP contribution is 1.83.